The van der Waals surface area contributed by atoms with E-state index in [0.717, 1.165) is 18.4 Å². The van der Waals surface area contributed by atoms with E-state index >= 15 is 0 Å². The maximum Gasteiger partial charge on any atom is 0.161 e. The number of imidazole rings is 1. The molecule has 3 nitrogen and oxygen atoms in total. The standard InChI is InChI=1S/C15H19F2N3/c1-9-5-3-4-6-20(9)10(2)15-18-13-7-11(16)12(17)8-14(13)19-15/h7-10H,3-6H2,1-2H3,(H,18,19). The van der Waals surface area contributed by atoms with Crippen molar-refractivity contribution in [1.29, 1.82) is 0 Å². The third kappa shape index (κ3) is 2.30. The number of benzene rings is 1. The molecule has 1 saturated heterocycles. The summed E-state index contributed by atoms with van der Waals surface area (Å²) in [5.74, 6) is -0.917. The predicted octanol–water partition coefficient (Wildman–Crippen LogP) is 3.78. The molecule has 1 fully saturated rings. The fourth-order valence-corrected chi connectivity index (χ4v) is 3.08. The summed E-state index contributed by atoms with van der Waals surface area (Å²) in [5.41, 5.74) is 1.03. The molecule has 0 spiro atoms. The first-order valence-electron chi connectivity index (χ1n) is 7.16. The number of nitrogens with zero attached hydrogens (tertiary/aromatic N) is 2. The van der Waals surface area contributed by atoms with Crippen molar-refractivity contribution in [3.63, 3.8) is 0 Å². The molecule has 2 aromatic rings. The van der Waals surface area contributed by atoms with Crippen LogP contribution in [0.4, 0.5) is 8.78 Å². The van der Waals surface area contributed by atoms with E-state index in [-0.39, 0.29) is 6.04 Å². The van der Waals surface area contributed by atoms with Crippen LogP contribution in [0.5, 0.6) is 0 Å². The number of piperidine rings is 1. The van der Waals surface area contributed by atoms with Crippen LogP contribution in [0, 0.1) is 11.6 Å². The van der Waals surface area contributed by atoms with Crippen LogP contribution in [0.2, 0.25) is 0 Å². The SMILES string of the molecule is CC1CCCCN1C(C)c1nc2cc(F)c(F)cc2[nH]1. The van der Waals surface area contributed by atoms with Crippen LogP contribution in [0.1, 0.15) is 45.0 Å². The van der Waals surface area contributed by atoms with Crippen molar-refractivity contribution < 1.29 is 8.78 Å². The molecule has 1 aromatic heterocycles. The summed E-state index contributed by atoms with van der Waals surface area (Å²) in [7, 11) is 0. The number of aromatic nitrogens is 2. The van der Waals surface area contributed by atoms with Gasteiger partial charge in [0.05, 0.1) is 17.1 Å². The van der Waals surface area contributed by atoms with E-state index in [4.69, 9.17) is 0 Å². The smallest absolute Gasteiger partial charge is 0.161 e. The van der Waals surface area contributed by atoms with E-state index < -0.39 is 11.6 Å². The minimum Gasteiger partial charge on any atom is -0.341 e. The average molecular weight is 279 g/mol. The Morgan fingerprint density at radius 2 is 2.05 bits per heavy atom. The van der Waals surface area contributed by atoms with E-state index in [1.807, 2.05) is 0 Å². The minimum absolute atomic E-state index is 0.129. The fraction of sp³-hybridized carbons (Fsp3) is 0.533. The van der Waals surface area contributed by atoms with Crippen molar-refractivity contribution in [2.75, 3.05) is 6.54 Å². The lowest BCUT2D eigenvalue weighted by atomic mass is 10.0. The highest BCUT2D eigenvalue weighted by atomic mass is 19.2. The highest BCUT2D eigenvalue weighted by Gasteiger charge is 2.26. The second-order valence-corrected chi connectivity index (χ2v) is 5.66. The Labute approximate surface area is 117 Å². The predicted molar refractivity (Wildman–Crippen MR) is 74.4 cm³/mol. The Hall–Kier alpha value is -1.49. The fourth-order valence-electron chi connectivity index (χ4n) is 3.08. The van der Waals surface area contributed by atoms with Gasteiger partial charge in [-0.2, -0.15) is 0 Å². The van der Waals surface area contributed by atoms with Crippen LogP contribution in [-0.2, 0) is 0 Å². The first-order valence-corrected chi connectivity index (χ1v) is 7.16. The van der Waals surface area contributed by atoms with E-state index in [9.17, 15) is 8.78 Å². The third-order valence-corrected chi connectivity index (χ3v) is 4.29. The second kappa shape index (κ2) is 5.13. The molecule has 1 aliphatic heterocycles. The summed E-state index contributed by atoms with van der Waals surface area (Å²) < 4.78 is 26.5. The van der Waals surface area contributed by atoms with Crippen LogP contribution < -0.4 is 0 Å². The summed E-state index contributed by atoms with van der Waals surface area (Å²) in [6.07, 6.45) is 3.65. The zero-order valence-electron chi connectivity index (χ0n) is 11.8. The average Bonchev–Trinajstić information content (AvgIpc) is 2.82. The van der Waals surface area contributed by atoms with Gasteiger partial charge in [0.2, 0.25) is 0 Å². The molecule has 0 amide bonds. The number of nitrogens with one attached hydrogen (secondary N) is 1. The zero-order valence-corrected chi connectivity index (χ0v) is 11.8. The minimum atomic E-state index is -0.852. The van der Waals surface area contributed by atoms with Crippen LogP contribution in [-0.4, -0.2) is 27.5 Å². The zero-order chi connectivity index (χ0) is 14.3. The van der Waals surface area contributed by atoms with E-state index in [1.54, 1.807) is 0 Å². The van der Waals surface area contributed by atoms with Gasteiger partial charge in [-0.3, -0.25) is 4.90 Å². The van der Waals surface area contributed by atoms with Crippen molar-refractivity contribution in [2.24, 2.45) is 0 Å². The summed E-state index contributed by atoms with van der Waals surface area (Å²) in [5, 5.41) is 0. The molecule has 0 saturated carbocycles. The molecule has 0 aliphatic carbocycles. The van der Waals surface area contributed by atoms with Crippen LogP contribution >= 0.6 is 0 Å². The summed E-state index contributed by atoms with van der Waals surface area (Å²) in [4.78, 5) is 9.94. The Morgan fingerprint density at radius 3 is 2.80 bits per heavy atom. The van der Waals surface area contributed by atoms with Gasteiger partial charge in [0.1, 0.15) is 5.82 Å². The topological polar surface area (TPSA) is 31.9 Å². The van der Waals surface area contributed by atoms with Gasteiger partial charge in [-0.15, -0.1) is 0 Å². The lowest BCUT2D eigenvalue weighted by Gasteiger charge is -2.37. The number of halogens is 2. The Bertz CT molecular complexity index is 584. The van der Waals surface area contributed by atoms with Gasteiger partial charge in [-0.1, -0.05) is 6.42 Å². The summed E-state index contributed by atoms with van der Waals surface area (Å²) in [6, 6.07) is 2.97. The first kappa shape index (κ1) is 13.5. The Balaban J connectivity index is 1.93. The molecule has 1 aliphatic rings. The molecule has 5 heteroatoms. The lowest BCUT2D eigenvalue weighted by Crippen LogP contribution is -2.39. The van der Waals surface area contributed by atoms with E-state index in [1.165, 1.54) is 25.3 Å². The second-order valence-electron chi connectivity index (χ2n) is 5.66. The number of hydrogen-bond donors (Lipinski definition) is 1. The Morgan fingerprint density at radius 1 is 1.30 bits per heavy atom. The molecular weight excluding hydrogens is 260 g/mol. The number of hydrogen-bond acceptors (Lipinski definition) is 2. The van der Waals surface area contributed by atoms with E-state index in [0.29, 0.717) is 17.1 Å². The van der Waals surface area contributed by atoms with Gasteiger partial charge >= 0.3 is 0 Å². The third-order valence-electron chi connectivity index (χ3n) is 4.29. The molecule has 108 valence electrons. The first-order chi connectivity index (χ1) is 9.56. The molecule has 20 heavy (non-hydrogen) atoms. The highest BCUT2D eigenvalue weighted by Crippen LogP contribution is 2.28. The number of rotatable bonds is 2. The molecular formula is C15H19F2N3. The Kier molecular flexibility index (Phi) is 3.46. The van der Waals surface area contributed by atoms with Crippen molar-refractivity contribution in [3.8, 4) is 0 Å². The molecule has 0 radical (unpaired) electrons. The molecule has 2 atom stereocenters. The van der Waals surface area contributed by atoms with Crippen LogP contribution in [0.25, 0.3) is 11.0 Å². The van der Waals surface area contributed by atoms with Gasteiger partial charge in [0.25, 0.3) is 0 Å². The highest BCUT2D eigenvalue weighted by molar-refractivity contribution is 5.75. The van der Waals surface area contributed by atoms with Gasteiger partial charge in [-0.25, -0.2) is 13.8 Å². The number of fused-ring (bicyclic) bond motifs is 1. The van der Waals surface area contributed by atoms with Crippen molar-refractivity contribution in [1.82, 2.24) is 14.9 Å². The van der Waals surface area contributed by atoms with Crippen molar-refractivity contribution in [2.45, 2.75) is 45.2 Å². The normalized spacial score (nSPS) is 22.3. The number of likely N-dealkylation sites (tertiary alicyclic amines) is 1. The largest absolute Gasteiger partial charge is 0.341 e. The number of H-pyrrole nitrogens is 1. The molecule has 0 bridgehead atoms. The van der Waals surface area contributed by atoms with E-state index in [2.05, 4.69) is 28.7 Å². The molecule has 2 heterocycles. The molecule has 1 N–H and O–H groups in total. The van der Waals surface area contributed by atoms with Gasteiger partial charge in [0.15, 0.2) is 11.6 Å². The summed E-state index contributed by atoms with van der Waals surface area (Å²) in [6.45, 7) is 5.35. The van der Waals surface area contributed by atoms with Gasteiger partial charge in [0, 0.05) is 18.2 Å². The van der Waals surface area contributed by atoms with Crippen molar-refractivity contribution in [3.05, 3.63) is 29.6 Å². The molecule has 3 rings (SSSR count). The van der Waals surface area contributed by atoms with Gasteiger partial charge in [-0.05, 0) is 33.2 Å². The monoisotopic (exact) mass is 279 g/mol. The summed E-state index contributed by atoms with van der Waals surface area (Å²) >= 11 is 0. The van der Waals surface area contributed by atoms with Gasteiger partial charge < -0.3 is 4.98 Å². The van der Waals surface area contributed by atoms with Crippen molar-refractivity contribution >= 4 is 11.0 Å². The maximum atomic E-state index is 13.2. The number of aromatic amines is 1. The van der Waals surface area contributed by atoms with Crippen LogP contribution in [0.3, 0.4) is 0 Å². The molecule has 1 aromatic carbocycles. The lowest BCUT2D eigenvalue weighted by molar-refractivity contribution is 0.110. The quantitative estimate of drug-likeness (QED) is 0.907. The molecule has 2 unspecified atom stereocenters. The maximum absolute atomic E-state index is 13.2. The van der Waals surface area contributed by atoms with Crippen LogP contribution in [0.15, 0.2) is 12.1 Å².